The van der Waals surface area contributed by atoms with Gasteiger partial charge in [0.1, 0.15) is 0 Å². The minimum absolute atomic E-state index is 0.148. The molecule has 0 saturated carbocycles. The van der Waals surface area contributed by atoms with Crippen molar-refractivity contribution < 1.29 is 23.9 Å². The second-order valence-corrected chi connectivity index (χ2v) is 6.73. The van der Waals surface area contributed by atoms with E-state index in [9.17, 15) is 14.4 Å². The maximum atomic E-state index is 12.9. The van der Waals surface area contributed by atoms with Gasteiger partial charge in [0, 0.05) is 24.2 Å². The zero-order valence-corrected chi connectivity index (χ0v) is 16.0. The van der Waals surface area contributed by atoms with Gasteiger partial charge in [-0.2, -0.15) is 0 Å². The van der Waals surface area contributed by atoms with E-state index in [0.717, 1.165) is 5.56 Å². The topological polar surface area (TPSA) is 72.9 Å². The summed E-state index contributed by atoms with van der Waals surface area (Å²) in [6.07, 6.45) is -0.937. The number of carbonyl (C=O) groups is 3. The van der Waals surface area contributed by atoms with E-state index in [0.29, 0.717) is 31.9 Å². The molecular weight excluding hydrogens is 358 g/mol. The van der Waals surface area contributed by atoms with Crippen molar-refractivity contribution in [3.63, 3.8) is 0 Å². The van der Waals surface area contributed by atoms with Crippen LogP contribution in [0.1, 0.15) is 38.8 Å². The van der Waals surface area contributed by atoms with Crippen LogP contribution in [0.25, 0.3) is 0 Å². The molecule has 6 nitrogen and oxygen atoms in total. The highest BCUT2D eigenvalue weighted by molar-refractivity contribution is 6.14. The van der Waals surface area contributed by atoms with Crippen molar-refractivity contribution in [2.45, 2.75) is 20.0 Å². The molecule has 0 N–H and O–H groups in total. The van der Waals surface area contributed by atoms with Gasteiger partial charge in [0.2, 0.25) is 0 Å². The number of ether oxygens (including phenoxy) is 2. The van der Waals surface area contributed by atoms with Crippen LogP contribution >= 0.6 is 0 Å². The molecule has 6 heteroatoms. The molecule has 0 spiro atoms. The Morgan fingerprint density at radius 2 is 1.57 bits per heavy atom. The number of benzene rings is 2. The third-order valence-corrected chi connectivity index (χ3v) is 4.66. The molecule has 1 fully saturated rings. The Balaban J connectivity index is 1.76. The summed E-state index contributed by atoms with van der Waals surface area (Å²) in [5, 5.41) is 0. The standard InChI is InChI=1S/C22H23NO5/c1-15-7-9-17(10-8-15)20(24)18-5-3-4-6-19(18)22(26)28-16(2)21(25)23-11-13-27-14-12-23/h3-10,16H,11-14H2,1-2H3/t16-/m0/s1. The molecule has 1 saturated heterocycles. The van der Waals surface area contributed by atoms with E-state index >= 15 is 0 Å². The Hall–Kier alpha value is -2.99. The largest absolute Gasteiger partial charge is 0.449 e. The average Bonchev–Trinajstić information content (AvgIpc) is 2.73. The molecule has 0 unspecified atom stereocenters. The Morgan fingerprint density at radius 1 is 0.964 bits per heavy atom. The van der Waals surface area contributed by atoms with Crippen LogP contribution < -0.4 is 0 Å². The summed E-state index contributed by atoms with van der Waals surface area (Å²) in [6.45, 7) is 5.37. The Bertz CT molecular complexity index is 869. The predicted octanol–water partition coefficient (Wildman–Crippen LogP) is 2.63. The van der Waals surface area contributed by atoms with E-state index in [1.807, 2.05) is 19.1 Å². The fourth-order valence-corrected chi connectivity index (χ4v) is 3.03. The summed E-state index contributed by atoms with van der Waals surface area (Å²) in [7, 11) is 0. The predicted molar refractivity (Wildman–Crippen MR) is 103 cm³/mol. The number of hydrogen-bond donors (Lipinski definition) is 0. The van der Waals surface area contributed by atoms with Crippen molar-refractivity contribution >= 4 is 17.7 Å². The van der Waals surface area contributed by atoms with Gasteiger partial charge >= 0.3 is 5.97 Å². The molecule has 1 aliphatic heterocycles. The van der Waals surface area contributed by atoms with Gasteiger partial charge in [-0.25, -0.2) is 4.79 Å². The third kappa shape index (κ3) is 4.46. The summed E-state index contributed by atoms with van der Waals surface area (Å²) in [5.74, 6) is -1.22. The minimum Gasteiger partial charge on any atom is -0.449 e. The van der Waals surface area contributed by atoms with E-state index in [4.69, 9.17) is 9.47 Å². The number of amides is 1. The number of aryl methyl sites for hydroxylation is 1. The number of carbonyl (C=O) groups excluding carboxylic acids is 3. The van der Waals surface area contributed by atoms with Crippen LogP contribution in [0, 0.1) is 6.92 Å². The van der Waals surface area contributed by atoms with E-state index in [2.05, 4.69) is 0 Å². The van der Waals surface area contributed by atoms with Crippen molar-refractivity contribution in [3.05, 3.63) is 70.8 Å². The number of hydrogen-bond acceptors (Lipinski definition) is 5. The van der Waals surface area contributed by atoms with Crippen LogP contribution in [0.3, 0.4) is 0 Å². The number of morpholine rings is 1. The molecule has 3 rings (SSSR count). The van der Waals surface area contributed by atoms with Crippen molar-refractivity contribution in [3.8, 4) is 0 Å². The van der Waals surface area contributed by atoms with Gasteiger partial charge < -0.3 is 14.4 Å². The molecule has 0 radical (unpaired) electrons. The quantitative estimate of drug-likeness (QED) is 0.588. The molecule has 146 valence electrons. The first-order valence-corrected chi connectivity index (χ1v) is 9.25. The van der Waals surface area contributed by atoms with Crippen LogP contribution in [0.4, 0.5) is 0 Å². The molecule has 2 aromatic carbocycles. The van der Waals surface area contributed by atoms with Gasteiger partial charge in [-0.1, -0.05) is 48.0 Å². The fourth-order valence-electron chi connectivity index (χ4n) is 3.03. The molecule has 1 heterocycles. The Morgan fingerprint density at radius 3 is 2.21 bits per heavy atom. The Labute approximate surface area is 164 Å². The maximum absolute atomic E-state index is 12.9. The first-order chi connectivity index (χ1) is 13.5. The van der Waals surface area contributed by atoms with E-state index in [1.54, 1.807) is 42.2 Å². The Kier molecular flexibility index (Phi) is 6.21. The van der Waals surface area contributed by atoms with Crippen LogP contribution in [0.5, 0.6) is 0 Å². The van der Waals surface area contributed by atoms with Crippen molar-refractivity contribution in [2.24, 2.45) is 0 Å². The van der Waals surface area contributed by atoms with Gasteiger partial charge in [0.05, 0.1) is 18.8 Å². The highest BCUT2D eigenvalue weighted by Crippen LogP contribution is 2.17. The van der Waals surface area contributed by atoms with Crippen LogP contribution in [-0.4, -0.2) is 55.0 Å². The van der Waals surface area contributed by atoms with Crippen LogP contribution in [-0.2, 0) is 14.3 Å². The lowest BCUT2D eigenvalue weighted by Gasteiger charge is -2.29. The highest BCUT2D eigenvalue weighted by atomic mass is 16.5. The smallest absolute Gasteiger partial charge is 0.339 e. The number of nitrogens with zero attached hydrogens (tertiary/aromatic N) is 1. The lowest BCUT2D eigenvalue weighted by Crippen LogP contribution is -2.46. The van der Waals surface area contributed by atoms with E-state index in [-0.39, 0.29) is 22.8 Å². The van der Waals surface area contributed by atoms with Gasteiger partial charge in [-0.3, -0.25) is 9.59 Å². The van der Waals surface area contributed by atoms with E-state index < -0.39 is 12.1 Å². The number of rotatable bonds is 5. The summed E-state index contributed by atoms with van der Waals surface area (Å²) in [5.41, 5.74) is 1.93. The molecule has 1 aliphatic rings. The molecule has 0 aliphatic carbocycles. The molecule has 2 aromatic rings. The lowest BCUT2D eigenvalue weighted by atomic mass is 9.98. The second kappa shape index (κ2) is 8.80. The third-order valence-electron chi connectivity index (χ3n) is 4.66. The van der Waals surface area contributed by atoms with Crippen LogP contribution in [0.2, 0.25) is 0 Å². The number of esters is 1. The first kappa shape index (κ1) is 19.8. The maximum Gasteiger partial charge on any atom is 0.339 e. The molecule has 0 aromatic heterocycles. The van der Waals surface area contributed by atoms with Crippen molar-refractivity contribution in [2.75, 3.05) is 26.3 Å². The van der Waals surface area contributed by atoms with Gasteiger partial charge in [0.25, 0.3) is 5.91 Å². The summed E-state index contributed by atoms with van der Waals surface area (Å²) >= 11 is 0. The monoisotopic (exact) mass is 381 g/mol. The minimum atomic E-state index is -0.937. The zero-order chi connectivity index (χ0) is 20.1. The fraction of sp³-hybridized carbons (Fsp3) is 0.318. The van der Waals surface area contributed by atoms with Crippen LogP contribution in [0.15, 0.2) is 48.5 Å². The van der Waals surface area contributed by atoms with E-state index in [1.165, 1.54) is 6.07 Å². The first-order valence-electron chi connectivity index (χ1n) is 9.25. The number of ketones is 1. The van der Waals surface area contributed by atoms with Crippen molar-refractivity contribution in [1.29, 1.82) is 0 Å². The molecule has 0 bridgehead atoms. The summed E-state index contributed by atoms with van der Waals surface area (Å²) in [6, 6.07) is 13.6. The molecular formula is C22H23NO5. The molecule has 28 heavy (non-hydrogen) atoms. The normalized spacial score (nSPS) is 15.0. The van der Waals surface area contributed by atoms with Gasteiger partial charge in [0.15, 0.2) is 11.9 Å². The lowest BCUT2D eigenvalue weighted by molar-refractivity contribution is -0.143. The van der Waals surface area contributed by atoms with Gasteiger partial charge in [-0.15, -0.1) is 0 Å². The summed E-state index contributed by atoms with van der Waals surface area (Å²) < 4.78 is 10.6. The molecule has 1 atom stereocenters. The van der Waals surface area contributed by atoms with Crippen molar-refractivity contribution in [1.82, 2.24) is 4.90 Å². The molecule has 1 amide bonds. The van der Waals surface area contributed by atoms with Gasteiger partial charge in [-0.05, 0) is 19.9 Å². The highest BCUT2D eigenvalue weighted by Gasteiger charge is 2.27. The SMILES string of the molecule is Cc1ccc(C(=O)c2ccccc2C(=O)O[C@@H](C)C(=O)N2CCOCC2)cc1. The average molecular weight is 381 g/mol. The second-order valence-electron chi connectivity index (χ2n) is 6.73. The summed E-state index contributed by atoms with van der Waals surface area (Å²) in [4.78, 5) is 39.6. The zero-order valence-electron chi connectivity index (χ0n) is 16.0.